The highest BCUT2D eigenvalue weighted by atomic mass is 35.5. The van der Waals surface area contributed by atoms with E-state index in [4.69, 9.17) is 0 Å². The number of nitrogens with one attached hydrogen (secondary N) is 3. The lowest BCUT2D eigenvalue weighted by atomic mass is 10.0. The molecule has 27 heavy (non-hydrogen) atoms. The molecule has 152 valence electrons. The fraction of sp³-hybridized carbons (Fsp3) is 0.529. The number of likely N-dealkylation sites (N-methyl/N-ethyl adjacent to an activating group) is 1. The van der Waals surface area contributed by atoms with Gasteiger partial charge in [-0.2, -0.15) is 0 Å². The van der Waals surface area contributed by atoms with Crippen molar-refractivity contribution in [1.29, 1.82) is 0 Å². The first-order valence-electron chi connectivity index (χ1n) is 8.43. The Kier molecular flexibility index (Phi) is 9.70. The molecular weight excluding hydrogens is 393 g/mol. The highest BCUT2D eigenvalue weighted by molar-refractivity contribution is 6.05. The van der Waals surface area contributed by atoms with Crippen LogP contribution in [0.4, 0.5) is 0 Å². The molecular formula is C17H27Cl2N5O3. The Labute approximate surface area is 170 Å². The van der Waals surface area contributed by atoms with E-state index in [0.29, 0.717) is 18.8 Å². The summed E-state index contributed by atoms with van der Waals surface area (Å²) >= 11 is 0. The van der Waals surface area contributed by atoms with Gasteiger partial charge in [0.15, 0.2) is 5.65 Å². The van der Waals surface area contributed by atoms with Gasteiger partial charge in [0.25, 0.3) is 11.5 Å². The van der Waals surface area contributed by atoms with Crippen LogP contribution in [0.15, 0.2) is 15.7 Å². The number of nitrogens with zero attached hydrogens (tertiary/aromatic N) is 2. The smallest absolute Gasteiger partial charge is 0.329 e. The molecule has 0 saturated heterocycles. The standard InChI is InChI=1S/C17H25N5O3.2ClH/c1-6-22-14-13(16(24)21-17(22)25)11(7-12(20-14)9(2)3)15(23)19-8-10(4)18-5;;/h7,9-10,18H,6,8H2,1-5H3,(H,19,23)(H,21,24,25);2*1H. The van der Waals surface area contributed by atoms with Gasteiger partial charge in [0, 0.05) is 24.8 Å². The second-order valence-corrected chi connectivity index (χ2v) is 6.35. The van der Waals surface area contributed by atoms with E-state index < -0.39 is 11.2 Å². The van der Waals surface area contributed by atoms with Crippen LogP contribution in [-0.4, -0.2) is 40.1 Å². The summed E-state index contributed by atoms with van der Waals surface area (Å²) in [5, 5.41) is 5.99. The number of hydrogen-bond donors (Lipinski definition) is 3. The third-order valence-electron chi connectivity index (χ3n) is 4.18. The van der Waals surface area contributed by atoms with Crippen molar-refractivity contribution >= 4 is 41.8 Å². The van der Waals surface area contributed by atoms with E-state index in [1.54, 1.807) is 20.0 Å². The molecule has 3 N–H and O–H groups in total. The predicted octanol–water partition coefficient (Wildman–Crippen LogP) is 1.41. The maximum absolute atomic E-state index is 12.7. The van der Waals surface area contributed by atoms with Crippen LogP contribution in [0.2, 0.25) is 0 Å². The second kappa shape index (κ2) is 10.4. The Morgan fingerprint density at radius 3 is 2.41 bits per heavy atom. The molecule has 0 bridgehead atoms. The van der Waals surface area contributed by atoms with Gasteiger partial charge in [0.05, 0.1) is 10.9 Å². The normalized spacial score (nSPS) is 11.6. The molecule has 1 unspecified atom stereocenters. The Morgan fingerprint density at radius 2 is 1.89 bits per heavy atom. The first kappa shape index (κ1) is 25.1. The Bertz CT molecular complexity index is 908. The summed E-state index contributed by atoms with van der Waals surface area (Å²) in [6, 6.07) is 1.72. The Hall–Kier alpha value is -1.90. The third-order valence-corrected chi connectivity index (χ3v) is 4.18. The minimum atomic E-state index is -0.598. The number of pyridine rings is 1. The van der Waals surface area contributed by atoms with Crippen molar-refractivity contribution in [2.45, 2.75) is 46.2 Å². The van der Waals surface area contributed by atoms with E-state index in [-0.39, 0.29) is 59.3 Å². The van der Waals surface area contributed by atoms with Gasteiger partial charge in [0.1, 0.15) is 0 Å². The minimum Gasteiger partial charge on any atom is -0.350 e. The largest absolute Gasteiger partial charge is 0.350 e. The summed E-state index contributed by atoms with van der Waals surface area (Å²) < 4.78 is 1.37. The van der Waals surface area contributed by atoms with Gasteiger partial charge in [-0.05, 0) is 32.9 Å². The molecule has 8 nitrogen and oxygen atoms in total. The number of carbonyl (C=O) groups is 1. The fourth-order valence-corrected chi connectivity index (χ4v) is 2.50. The van der Waals surface area contributed by atoms with Gasteiger partial charge in [-0.15, -0.1) is 24.8 Å². The van der Waals surface area contributed by atoms with Crippen molar-refractivity contribution < 1.29 is 4.79 Å². The molecule has 0 spiro atoms. The average molecular weight is 420 g/mol. The minimum absolute atomic E-state index is 0. The van der Waals surface area contributed by atoms with E-state index in [2.05, 4.69) is 20.6 Å². The van der Waals surface area contributed by atoms with E-state index in [1.165, 1.54) is 4.57 Å². The van der Waals surface area contributed by atoms with Crippen LogP contribution < -0.4 is 21.9 Å². The van der Waals surface area contributed by atoms with Gasteiger partial charge in [0.2, 0.25) is 0 Å². The van der Waals surface area contributed by atoms with Crippen molar-refractivity contribution in [2.24, 2.45) is 0 Å². The van der Waals surface area contributed by atoms with E-state index >= 15 is 0 Å². The summed E-state index contributed by atoms with van der Waals surface area (Å²) in [7, 11) is 1.81. The number of aryl methyl sites for hydroxylation is 1. The molecule has 2 aromatic rings. The predicted molar refractivity (Wildman–Crippen MR) is 112 cm³/mol. The third kappa shape index (κ3) is 5.31. The zero-order valence-electron chi connectivity index (χ0n) is 16.1. The quantitative estimate of drug-likeness (QED) is 0.655. The molecule has 0 aliphatic carbocycles. The summed E-state index contributed by atoms with van der Waals surface area (Å²) in [6.45, 7) is 8.38. The van der Waals surface area contributed by atoms with Crippen molar-refractivity contribution in [3.05, 3.63) is 38.2 Å². The van der Waals surface area contributed by atoms with Gasteiger partial charge >= 0.3 is 5.69 Å². The lowest BCUT2D eigenvalue weighted by Crippen LogP contribution is -2.38. The van der Waals surface area contributed by atoms with Gasteiger partial charge in [-0.3, -0.25) is 19.1 Å². The highest BCUT2D eigenvalue weighted by Gasteiger charge is 2.20. The van der Waals surface area contributed by atoms with Gasteiger partial charge in [-0.1, -0.05) is 13.8 Å². The zero-order valence-corrected chi connectivity index (χ0v) is 17.7. The topological polar surface area (TPSA) is 109 Å². The summed E-state index contributed by atoms with van der Waals surface area (Å²) in [4.78, 5) is 43.9. The monoisotopic (exact) mass is 419 g/mol. The maximum atomic E-state index is 12.7. The second-order valence-electron chi connectivity index (χ2n) is 6.35. The number of H-pyrrole nitrogens is 1. The number of carbonyl (C=O) groups excluding carboxylic acids is 1. The lowest BCUT2D eigenvalue weighted by Gasteiger charge is -2.15. The van der Waals surface area contributed by atoms with Crippen LogP contribution in [0.3, 0.4) is 0 Å². The SMILES string of the molecule is CCn1c(=O)[nH]c(=O)c2c(C(=O)NCC(C)NC)cc(C(C)C)nc21.Cl.Cl. The molecule has 0 fully saturated rings. The number of aromatic nitrogens is 3. The van der Waals surface area contributed by atoms with Crippen molar-refractivity contribution in [3.63, 3.8) is 0 Å². The van der Waals surface area contributed by atoms with E-state index in [9.17, 15) is 14.4 Å². The summed E-state index contributed by atoms with van der Waals surface area (Å²) in [6.07, 6.45) is 0. The number of rotatable bonds is 6. The number of amides is 1. The van der Waals surface area contributed by atoms with Crippen LogP contribution in [0, 0.1) is 0 Å². The van der Waals surface area contributed by atoms with Crippen molar-refractivity contribution in [1.82, 2.24) is 25.2 Å². The lowest BCUT2D eigenvalue weighted by molar-refractivity contribution is 0.0952. The first-order chi connectivity index (χ1) is 11.8. The molecule has 1 atom stereocenters. The van der Waals surface area contributed by atoms with Crippen molar-refractivity contribution in [3.8, 4) is 0 Å². The Balaban J connectivity index is 0.00000338. The number of aromatic amines is 1. The van der Waals surface area contributed by atoms with E-state index in [1.807, 2.05) is 20.8 Å². The molecule has 10 heteroatoms. The van der Waals surface area contributed by atoms with Crippen LogP contribution in [0.5, 0.6) is 0 Å². The molecule has 0 aromatic carbocycles. The van der Waals surface area contributed by atoms with Crippen molar-refractivity contribution in [2.75, 3.05) is 13.6 Å². The molecule has 0 saturated carbocycles. The molecule has 0 aliphatic rings. The van der Waals surface area contributed by atoms with Gasteiger partial charge < -0.3 is 10.6 Å². The highest BCUT2D eigenvalue weighted by Crippen LogP contribution is 2.19. The van der Waals surface area contributed by atoms with E-state index in [0.717, 1.165) is 0 Å². The average Bonchev–Trinajstić information content (AvgIpc) is 2.58. The molecule has 0 aliphatic heterocycles. The maximum Gasteiger partial charge on any atom is 0.329 e. The summed E-state index contributed by atoms with van der Waals surface area (Å²) in [5.41, 5.74) is 0.0177. The summed E-state index contributed by atoms with van der Waals surface area (Å²) in [5.74, 6) is -0.310. The first-order valence-corrected chi connectivity index (χ1v) is 8.43. The molecule has 1 amide bonds. The zero-order chi connectivity index (χ0) is 18.7. The molecule has 2 aromatic heterocycles. The molecule has 2 rings (SSSR count). The fourth-order valence-electron chi connectivity index (χ4n) is 2.50. The van der Waals surface area contributed by atoms with Crippen LogP contribution in [0.1, 0.15) is 49.7 Å². The van der Waals surface area contributed by atoms with Crippen LogP contribution >= 0.6 is 24.8 Å². The van der Waals surface area contributed by atoms with Crippen LogP contribution in [-0.2, 0) is 6.54 Å². The molecule has 0 radical (unpaired) electrons. The number of hydrogen-bond acceptors (Lipinski definition) is 5. The number of fused-ring (bicyclic) bond motifs is 1. The molecule has 2 heterocycles. The number of halogens is 2. The Morgan fingerprint density at radius 1 is 1.26 bits per heavy atom. The van der Waals surface area contributed by atoms with Crippen LogP contribution in [0.25, 0.3) is 11.0 Å². The van der Waals surface area contributed by atoms with Gasteiger partial charge in [-0.25, -0.2) is 9.78 Å².